The lowest BCUT2D eigenvalue weighted by Crippen LogP contribution is -2.01. The molecule has 0 aromatic carbocycles. The second-order valence-corrected chi connectivity index (χ2v) is 4.40. The Balaban J connectivity index is 2.46. The van der Waals surface area contributed by atoms with Gasteiger partial charge in [0.05, 0.1) is 5.02 Å². The van der Waals surface area contributed by atoms with E-state index in [1.54, 1.807) is 12.1 Å². The summed E-state index contributed by atoms with van der Waals surface area (Å²) >= 11 is 8.82. The van der Waals surface area contributed by atoms with Gasteiger partial charge in [-0.1, -0.05) is 27.5 Å². The highest BCUT2D eigenvalue weighted by atomic mass is 79.9. The normalized spacial score (nSPS) is 10.9. The van der Waals surface area contributed by atoms with Gasteiger partial charge in [-0.05, 0) is 12.1 Å². The molecule has 0 aliphatic heterocycles. The van der Waals surface area contributed by atoms with E-state index in [0.29, 0.717) is 16.3 Å². The Kier molecular flexibility index (Phi) is 4.19. The van der Waals surface area contributed by atoms with Gasteiger partial charge < -0.3 is 0 Å². The summed E-state index contributed by atoms with van der Waals surface area (Å²) in [5, 5.41) is 0.742. The topological polar surface area (TPSA) is 38.7 Å². The number of aromatic nitrogens is 3. The number of hydrogen-bond acceptors (Lipinski definition) is 3. The van der Waals surface area contributed by atoms with Gasteiger partial charge in [0.15, 0.2) is 5.82 Å². The average molecular weight is 335 g/mol. The van der Waals surface area contributed by atoms with Crippen molar-refractivity contribution in [1.29, 1.82) is 0 Å². The van der Waals surface area contributed by atoms with Gasteiger partial charge in [0.1, 0.15) is 11.4 Å². The van der Waals surface area contributed by atoms with Crippen LogP contribution in [-0.2, 0) is 5.33 Å². The van der Waals surface area contributed by atoms with E-state index < -0.39 is 6.43 Å². The first-order valence-electron chi connectivity index (χ1n) is 4.93. The molecule has 0 amide bonds. The molecule has 0 N–H and O–H groups in total. The molecule has 2 heterocycles. The van der Waals surface area contributed by atoms with Crippen molar-refractivity contribution in [3.05, 3.63) is 40.8 Å². The Bertz CT molecular complexity index is 548. The van der Waals surface area contributed by atoms with Crippen molar-refractivity contribution in [2.75, 3.05) is 0 Å². The SMILES string of the molecule is FC(F)c1nc(-c2ccc(Cl)cn2)ncc1CBr. The minimum atomic E-state index is -2.65. The van der Waals surface area contributed by atoms with Crippen LogP contribution >= 0.6 is 27.5 Å². The largest absolute Gasteiger partial charge is 0.280 e. The van der Waals surface area contributed by atoms with E-state index in [4.69, 9.17) is 11.6 Å². The molecular weight excluding hydrogens is 327 g/mol. The fraction of sp³-hybridized carbons (Fsp3) is 0.182. The fourth-order valence-corrected chi connectivity index (χ4v) is 1.89. The first kappa shape index (κ1) is 13.3. The fourth-order valence-electron chi connectivity index (χ4n) is 1.34. The molecule has 18 heavy (non-hydrogen) atoms. The summed E-state index contributed by atoms with van der Waals surface area (Å²) in [5.74, 6) is 0.159. The molecule has 0 unspecified atom stereocenters. The molecule has 2 aromatic heterocycles. The average Bonchev–Trinajstić information content (AvgIpc) is 2.39. The zero-order valence-electron chi connectivity index (χ0n) is 8.95. The van der Waals surface area contributed by atoms with Crippen molar-refractivity contribution >= 4 is 27.5 Å². The molecule has 0 saturated carbocycles. The number of hydrogen-bond donors (Lipinski definition) is 0. The maximum absolute atomic E-state index is 12.8. The van der Waals surface area contributed by atoms with Gasteiger partial charge in [0.25, 0.3) is 6.43 Å². The van der Waals surface area contributed by atoms with Gasteiger partial charge in [0, 0.05) is 23.3 Å². The minimum Gasteiger partial charge on any atom is -0.251 e. The standard InChI is InChI=1S/C11H7BrClF2N3/c12-3-6-4-17-11(18-9(6)10(14)15)8-2-1-7(13)5-16-8/h1-2,4-5,10H,3H2. The number of pyridine rings is 1. The molecular formula is C11H7BrClF2N3. The highest BCUT2D eigenvalue weighted by molar-refractivity contribution is 9.08. The van der Waals surface area contributed by atoms with E-state index in [-0.39, 0.29) is 16.8 Å². The molecule has 94 valence electrons. The molecule has 2 aromatic rings. The molecule has 7 heteroatoms. The van der Waals surface area contributed by atoms with E-state index in [1.807, 2.05) is 0 Å². The van der Waals surface area contributed by atoms with Crippen LogP contribution < -0.4 is 0 Å². The van der Waals surface area contributed by atoms with E-state index in [1.165, 1.54) is 12.4 Å². The molecule has 0 saturated heterocycles. The second kappa shape index (κ2) is 5.67. The summed E-state index contributed by atoms with van der Waals surface area (Å²) in [5.41, 5.74) is 0.485. The molecule has 0 radical (unpaired) electrons. The van der Waals surface area contributed by atoms with Crippen molar-refractivity contribution < 1.29 is 8.78 Å². The van der Waals surface area contributed by atoms with Crippen molar-refractivity contribution in [1.82, 2.24) is 15.0 Å². The number of rotatable bonds is 3. The molecule has 0 bridgehead atoms. The van der Waals surface area contributed by atoms with Crippen LogP contribution in [0.3, 0.4) is 0 Å². The van der Waals surface area contributed by atoms with Crippen LogP contribution in [0, 0.1) is 0 Å². The third-order valence-electron chi connectivity index (χ3n) is 2.21. The second-order valence-electron chi connectivity index (χ2n) is 3.40. The summed E-state index contributed by atoms with van der Waals surface area (Å²) < 4.78 is 25.6. The number of nitrogens with zero attached hydrogens (tertiary/aromatic N) is 3. The number of alkyl halides is 3. The van der Waals surface area contributed by atoms with Crippen molar-refractivity contribution in [3.63, 3.8) is 0 Å². The van der Waals surface area contributed by atoms with Crippen LogP contribution in [0.15, 0.2) is 24.5 Å². The van der Waals surface area contributed by atoms with Crippen LogP contribution in [0.5, 0.6) is 0 Å². The van der Waals surface area contributed by atoms with E-state index in [0.717, 1.165) is 0 Å². The smallest absolute Gasteiger partial charge is 0.251 e. The predicted molar refractivity (Wildman–Crippen MR) is 67.9 cm³/mol. The highest BCUT2D eigenvalue weighted by Gasteiger charge is 2.16. The lowest BCUT2D eigenvalue weighted by Gasteiger charge is -2.07. The van der Waals surface area contributed by atoms with Gasteiger partial charge in [-0.25, -0.2) is 18.7 Å². The molecule has 2 rings (SSSR count). The van der Waals surface area contributed by atoms with Crippen LogP contribution in [0.2, 0.25) is 5.02 Å². The van der Waals surface area contributed by atoms with Crippen molar-refractivity contribution in [2.24, 2.45) is 0 Å². The molecule has 0 spiro atoms. The third-order valence-corrected chi connectivity index (χ3v) is 3.03. The maximum atomic E-state index is 12.8. The third kappa shape index (κ3) is 2.81. The van der Waals surface area contributed by atoms with E-state index in [9.17, 15) is 8.78 Å². The van der Waals surface area contributed by atoms with Crippen LogP contribution in [-0.4, -0.2) is 15.0 Å². The van der Waals surface area contributed by atoms with Crippen molar-refractivity contribution in [2.45, 2.75) is 11.8 Å². The lowest BCUT2D eigenvalue weighted by molar-refractivity contribution is 0.145. The van der Waals surface area contributed by atoms with E-state index in [2.05, 4.69) is 30.9 Å². The predicted octanol–water partition coefficient (Wildman–Crippen LogP) is 4.02. The van der Waals surface area contributed by atoms with Gasteiger partial charge in [-0.2, -0.15) is 0 Å². The Morgan fingerprint density at radius 2 is 2.00 bits per heavy atom. The quantitative estimate of drug-likeness (QED) is 0.796. The minimum absolute atomic E-state index is 0.159. The summed E-state index contributed by atoms with van der Waals surface area (Å²) in [7, 11) is 0. The summed E-state index contributed by atoms with van der Waals surface area (Å²) in [6.07, 6.45) is 0.141. The molecule has 0 aliphatic rings. The Hall–Kier alpha value is -1.14. The summed E-state index contributed by atoms with van der Waals surface area (Å²) in [6.45, 7) is 0. The van der Waals surface area contributed by atoms with Gasteiger partial charge >= 0.3 is 0 Å². The zero-order valence-corrected chi connectivity index (χ0v) is 11.3. The van der Waals surface area contributed by atoms with Crippen molar-refractivity contribution in [3.8, 4) is 11.5 Å². The van der Waals surface area contributed by atoms with Gasteiger partial charge in [-0.15, -0.1) is 0 Å². The molecule has 3 nitrogen and oxygen atoms in total. The van der Waals surface area contributed by atoms with Crippen LogP contribution in [0.4, 0.5) is 8.78 Å². The maximum Gasteiger partial charge on any atom is 0.280 e. The Labute approximate surface area is 115 Å². The van der Waals surface area contributed by atoms with Gasteiger partial charge in [0.2, 0.25) is 0 Å². The molecule has 0 atom stereocenters. The monoisotopic (exact) mass is 333 g/mol. The van der Waals surface area contributed by atoms with Crippen LogP contribution in [0.1, 0.15) is 17.7 Å². The first-order valence-corrected chi connectivity index (χ1v) is 6.43. The highest BCUT2D eigenvalue weighted by Crippen LogP contribution is 2.24. The summed E-state index contributed by atoms with van der Waals surface area (Å²) in [4.78, 5) is 11.8. The lowest BCUT2D eigenvalue weighted by atomic mass is 10.2. The Morgan fingerprint density at radius 1 is 1.22 bits per heavy atom. The summed E-state index contributed by atoms with van der Waals surface area (Å²) in [6, 6.07) is 3.19. The molecule has 0 fully saturated rings. The van der Waals surface area contributed by atoms with Gasteiger partial charge in [-0.3, -0.25) is 4.98 Å². The molecule has 0 aliphatic carbocycles. The number of halogens is 4. The zero-order chi connectivity index (χ0) is 13.1. The Morgan fingerprint density at radius 3 is 2.56 bits per heavy atom. The van der Waals surface area contributed by atoms with E-state index >= 15 is 0 Å². The van der Waals surface area contributed by atoms with Crippen LogP contribution in [0.25, 0.3) is 11.5 Å². The first-order chi connectivity index (χ1) is 8.61.